The van der Waals surface area contributed by atoms with E-state index >= 15 is 0 Å². The van der Waals surface area contributed by atoms with Gasteiger partial charge in [-0.1, -0.05) is 0 Å². The third-order valence-electron chi connectivity index (χ3n) is 5.01. The van der Waals surface area contributed by atoms with E-state index in [-0.39, 0.29) is 23.3 Å². The van der Waals surface area contributed by atoms with E-state index in [1.165, 1.54) is 0 Å². The lowest BCUT2D eigenvalue weighted by Crippen LogP contribution is -2.46. The van der Waals surface area contributed by atoms with Crippen molar-refractivity contribution in [2.45, 2.75) is 44.6 Å². The predicted molar refractivity (Wildman–Crippen MR) is 67.6 cm³/mol. The maximum atomic E-state index is 12.3. The zero-order valence-electron chi connectivity index (χ0n) is 11.1. The van der Waals surface area contributed by atoms with Gasteiger partial charge in [0.1, 0.15) is 6.10 Å². The van der Waals surface area contributed by atoms with Crippen LogP contribution >= 0.6 is 0 Å². The van der Waals surface area contributed by atoms with Crippen molar-refractivity contribution in [2.75, 3.05) is 19.7 Å². The van der Waals surface area contributed by atoms with Crippen LogP contribution in [-0.2, 0) is 14.3 Å². The number of carboxylic acids is 1. The molecule has 2 atom stereocenters. The van der Waals surface area contributed by atoms with E-state index in [0.29, 0.717) is 19.7 Å². The Labute approximate surface area is 112 Å². The van der Waals surface area contributed by atoms with Gasteiger partial charge in [-0.05, 0) is 43.9 Å². The van der Waals surface area contributed by atoms with Crippen molar-refractivity contribution in [2.24, 2.45) is 11.3 Å². The molecule has 5 heteroatoms. The van der Waals surface area contributed by atoms with Crippen LogP contribution in [0.15, 0.2) is 0 Å². The molecule has 2 saturated heterocycles. The average molecular weight is 267 g/mol. The van der Waals surface area contributed by atoms with E-state index in [2.05, 4.69) is 0 Å². The fourth-order valence-corrected chi connectivity index (χ4v) is 3.56. The number of nitrogens with zero attached hydrogens (tertiary/aromatic N) is 1. The van der Waals surface area contributed by atoms with Gasteiger partial charge in [-0.2, -0.15) is 0 Å². The number of aliphatic carboxylic acids is 1. The van der Waals surface area contributed by atoms with Crippen molar-refractivity contribution < 1.29 is 19.4 Å². The van der Waals surface area contributed by atoms with Crippen molar-refractivity contribution in [3.05, 3.63) is 0 Å². The van der Waals surface area contributed by atoms with Gasteiger partial charge in [0, 0.05) is 19.7 Å². The fraction of sp³-hybridized carbons (Fsp3) is 0.857. The van der Waals surface area contributed by atoms with Crippen molar-refractivity contribution in [1.82, 2.24) is 4.90 Å². The number of carbonyl (C=O) groups excluding carboxylic acids is 1. The molecule has 0 aromatic rings. The van der Waals surface area contributed by atoms with Crippen LogP contribution in [0.25, 0.3) is 0 Å². The third kappa shape index (κ3) is 2.36. The van der Waals surface area contributed by atoms with Gasteiger partial charge in [0.15, 0.2) is 0 Å². The second-order valence-corrected chi connectivity index (χ2v) is 6.14. The molecule has 3 fully saturated rings. The van der Waals surface area contributed by atoms with Gasteiger partial charge in [0.25, 0.3) is 5.91 Å². The first-order chi connectivity index (χ1) is 9.12. The highest BCUT2D eigenvalue weighted by atomic mass is 16.5. The molecule has 19 heavy (non-hydrogen) atoms. The summed E-state index contributed by atoms with van der Waals surface area (Å²) >= 11 is 0. The molecule has 106 valence electrons. The molecule has 1 aliphatic carbocycles. The summed E-state index contributed by atoms with van der Waals surface area (Å²) < 4.78 is 5.53. The first-order valence-corrected chi connectivity index (χ1v) is 7.26. The minimum atomic E-state index is -0.671. The number of amides is 1. The van der Waals surface area contributed by atoms with E-state index < -0.39 is 5.97 Å². The summed E-state index contributed by atoms with van der Waals surface area (Å²) in [6.07, 6.45) is 5.16. The highest BCUT2D eigenvalue weighted by molar-refractivity contribution is 5.81. The molecule has 5 nitrogen and oxygen atoms in total. The number of hydrogen-bond acceptors (Lipinski definition) is 3. The molecule has 0 aromatic heterocycles. The first kappa shape index (κ1) is 12.9. The van der Waals surface area contributed by atoms with E-state index in [1.54, 1.807) is 0 Å². The van der Waals surface area contributed by atoms with Crippen molar-refractivity contribution in [1.29, 1.82) is 0 Å². The molecule has 1 saturated carbocycles. The summed E-state index contributed by atoms with van der Waals surface area (Å²) in [7, 11) is 0. The van der Waals surface area contributed by atoms with Crippen LogP contribution in [0.5, 0.6) is 0 Å². The number of carboxylic acid groups (broad SMARTS) is 1. The predicted octanol–water partition coefficient (Wildman–Crippen LogP) is 1.27. The standard InChI is InChI=1S/C14H21NO4/c16-12(11-3-1-2-8-19-11)15-6-4-14(5-7-15)9-10(14)13(17)18/h10-11H,1-9H2,(H,17,18). The summed E-state index contributed by atoms with van der Waals surface area (Å²) in [5.41, 5.74) is -0.00393. The normalized spacial score (nSPS) is 33.2. The monoisotopic (exact) mass is 267 g/mol. The Morgan fingerprint density at radius 3 is 2.47 bits per heavy atom. The molecule has 0 aromatic carbocycles. The molecule has 3 aliphatic rings. The van der Waals surface area contributed by atoms with Crippen molar-refractivity contribution in [3.63, 3.8) is 0 Å². The minimum Gasteiger partial charge on any atom is -0.481 e. The minimum absolute atomic E-state index is 0.00393. The molecule has 1 spiro atoms. The number of rotatable bonds is 2. The topological polar surface area (TPSA) is 66.8 Å². The van der Waals surface area contributed by atoms with E-state index in [4.69, 9.17) is 9.84 Å². The van der Waals surface area contributed by atoms with Crippen LogP contribution in [0, 0.1) is 11.3 Å². The molecular weight excluding hydrogens is 246 g/mol. The molecule has 1 amide bonds. The number of ether oxygens (including phenoxy) is 1. The number of carbonyl (C=O) groups is 2. The lowest BCUT2D eigenvalue weighted by atomic mass is 9.90. The Bertz CT molecular complexity index is 381. The van der Waals surface area contributed by atoms with Crippen LogP contribution in [-0.4, -0.2) is 47.7 Å². The van der Waals surface area contributed by atoms with Gasteiger partial charge < -0.3 is 14.7 Å². The van der Waals surface area contributed by atoms with Crippen LogP contribution < -0.4 is 0 Å². The zero-order chi connectivity index (χ0) is 13.5. The highest BCUT2D eigenvalue weighted by Gasteiger charge is 2.59. The van der Waals surface area contributed by atoms with Crippen LogP contribution in [0.1, 0.15) is 38.5 Å². The Hall–Kier alpha value is -1.10. The molecule has 2 unspecified atom stereocenters. The van der Waals surface area contributed by atoms with Crippen molar-refractivity contribution in [3.8, 4) is 0 Å². The zero-order valence-corrected chi connectivity index (χ0v) is 11.1. The van der Waals surface area contributed by atoms with E-state index in [1.807, 2.05) is 4.90 Å². The molecule has 2 aliphatic heterocycles. The Morgan fingerprint density at radius 2 is 1.95 bits per heavy atom. The molecule has 0 radical (unpaired) electrons. The lowest BCUT2D eigenvalue weighted by molar-refractivity contribution is -0.148. The first-order valence-electron chi connectivity index (χ1n) is 7.26. The van der Waals surface area contributed by atoms with Crippen molar-refractivity contribution >= 4 is 11.9 Å². The average Bonchev–Trinajstić information content (AvgIpc) is 3.14. The summed E-state index contributed by atoms with van der Waals surface area (Å²) in [5.74, 6) is -0.729. The van der Waals surface area contributed by atoms with Crippen LogP contribution in [0.2, 0.25) is 0 Å². The third-order valence-corrected chi connectivity index (χ3v) is 5.01. The van der Waals surface area contributed by atoms with Crippen LogP contribution in [0.4, 0.5) is 0 Å². The number of hydrogen-bond donors (Lipinski definition) is 1. The molecule has 3 rings (SSSR count). The van der Waals surface area contributed by atoms with Gasteiger partial charge in [0.2, 0.25) is 0 Å². The number of likely N-dealkylation sites (tertiary alicyclic amines) is 1. The summed E-state index contributed by atoms with van der Waals surface area (Å²) in [5, 5.41) is 9.05. The second-order valence-electron chi connectivity index (χ2n) is 6.14. The van der Waals surface area contributed by atoms with Gasteiger partial charge in [-0.3, -0.25) is 9.59 Å². The maximum absolute atomic E-state index is 12.3. The second kappa shape index (κ2) is 4.78. The summed E-state index contributed by atoms with van der Waals surface area (Å²) in [4.78, 5) is 25.2. The molecule has 2 heterocycles. The Kier molecular flexibility index (Phi) is 3.25. The summed E-state index contributed by atoms with van der Waals surface area (Å²) in [6.45, 7) is 2.08. The quantitative estimate of drug-likeness (QED) is 0.818. The Morgan fingerprint density at radius 1 is 1.21 bits per heavy atom. The molecular formula is C14H21NO4. The van der Waals surface area contributed by atoms with Gasteiger partial charge in [-0.25, -0.2) is 0 Å². The molecule has 1 N–H and O–H groups in total. The largest absolute Gasteiger partial charge is 0.481 e. The highest BCUT2D eigenvalue weighted by Crippen LogP contribution is 2.59. The fourth-order valence-electron chi connectivity index (χ4n) is 3.56. The van der Waals surface area contributed by atoms with E-state index in [9.17, 15) is 9.59 Å². The molecule has 0 bridgehead atoms. The smallest absolute Gasteiger partial charge is 0.307 e. The number of piperidine rings is 1. The maximum Gasteiger partial charge on any atom is 0.307 e. The lowest BCUT2D eigenvalue weighted by Gasteiger charge is -2.35. The summed E-state index contributed by atoms with van der Waals surface area (Å²) in [6, 6.07) is 0. The van der Waals surface area contributed by atoms with E-state index in [0.717, 1.165) is 38.5 Å². The van der Waals surface area contributed by atoms with Gasteiger partial charge in [0.05, 0.1) is 5.92 Å². The Balaban J connectivity index is 1.53. The SMILES string of the molecule is O=C(O)C1CC12CCN(C(=O)C1CCCCO1)CC2. The van der Waals surface area contributed by atoms with Crippen LogP contribution in [0.3, 0.4) is 0 Å². The van der Waals surface area contributed by atoms with Gasteiger partial charge in [-0.15, -0.1) is 0 Å². The van der Waals surface area contributed by atoms with Gasteiger partial charge >= 0.3 is 5.97 Å².